The average Bonchev–Trinajstić information content (AvgIpc) is 0.756. The molecular weight excluding hydrogens is 1260 g/mol. The largest absolute Gasteiger partial charge is 0.477 e. The second-order valence-corrected chi connectivity index (χ2v) is 28.6. The molecule has 98 heavy (non-hydrogen) atoms. The van der Waals surface area contributed by atoms with Crippen molar-refractivity contribution in [1.29, 1.82) is 0 Å². The number of nitrogens with one attached hydrogen (secondary N) is 2. The van der Waals surface area contributed by atoms with Gasteiger partial charge in [0.15, 0.2) is 12.6 Å². The van der Waals surface area contributed by atoms with Crippen LogP contribution in [0.25, 0.3) is 0 Å². The van der Waals surface area contributed by atoms with Gasteiger partial charge in [0.25, 0.3) is 5.79 Å². The number of carboxylic acid groups (broad SMARTS) is 1. The van der Waals surface area contributed by atoms with Crippen LogP contribution in [-0.2, 0) is 42.8 Å². The highest BCUT2D eigenvalue weighted by atomic mass is 16.8. The van der Waals surface area contributed by atoms with Crippen molar-refractivity contribution in [2.75, 3.05) is 26.4 Å². The molecule has 3 heterocycles. The van der Waals surface area contributed by atoms with Crippen LogP contribution in [-0.4, -0.2) is 215 Å². The van der Waals surface area contributed by atoms with Gasteiger partial charge in [-0.3, -0.25) is 9.59 Å². The molecule has 14 N–H and O–H groups in total. The van der Waals surface area contributed by atoms with Crippen LogP contribution < -0.4 is 10.6 Å². The third-order valence-corrected chi connectivity index (χ3v) is 20.0. The van der Waals surface area contributed by atoms with Crippen molar-refractivity contribution in [3.05, 3.63) is 12.2 Å². The van der Waals surface area contributed by atoms with E-state index in [0.717, 1.165) is 51.9 Å². The first-order valence-electron chi connectivity index (χ1n) is 39.1. The summed E-state index contributed by atoms with van der Waals surface area (Å²) in [4.78, 5) is 38.7. The third-order valence-electron chi connectivity index (χ3n) is 20.0. The molecule has 0 saturated carbocycles. The Kier molecular flexibility index (Phi) is 50.4. The van der Waals surface area contributed by atoms with Crippen LogP contribution in [0.3, 0.4) is 0 Å². The highest BCUT2D eigenvalue weighted by Gasteiger charge is 2.60. The number of hydrogen-bond acceptors (Lipinski definition) is 20. The molecule has 0 aliphatic carbocycles. The quantitative estimate of drug-likeness (QED) is 0.0199. The van der Waals surface area contributed by atoms with Gasteiger partial charge in [0.05, 0.1) is 50.7 Å². The summed E-state index contributed by atoms with van der Waals surface area (Å²) in [5.41, 5.74) is 0. The number of carbonyl (C=O) groups is 3. The Hall–Kier alpha value is -2.53. The lowest BCUT2D eigenvalue weighted by atomic mass is 9.88. The Labute approximate surface area is 588 Å². The highest BCUT2D eigenvalue weighted by molar-refractivity contribution is 5.77. The molecule has 2 amide bonds. The molecule has 0 spiro atoms. The fraction of sp³-hybridized carbons (Fsp3) is 0.933. The van der Waals surface area contributed by atoms with Crippen molar-refractivity contribution in [3.8, 4) is 0 Å². The van der Waals surface area contributed by atoms with Gasteiger partial charge in [-0.25, -0.2) is 4.79 Å². The summed E-state index contributed by atoms with van der Waals surface area (Å²) in [6.07, 6.45) is 28.2. The van der Waals surface area contributed by atoms with E-state index in [2.05, 4.69) is 24.5 Å². The van der Waals surface area contributed by atoms with Crippen molar-refractivity contribution in [2.24, 2.45) is 0 Å². The summed E-state index contributed by atoms with van der Waals surface area (Å²) in [5, 5.41) is 136. The number of carboxylic acids is 1. The van der Waals surface area contributed by atoms with Gasteiger partial charge in [0, 0.05) is 19.8 Å². The zero-order valence-electron chi connectivity index (χ0n) is 60.7. The smallest absolute Gasteiger partial charge is 0.364 e. The van der Waals surface area contributed by atoms with Crippen LogP contribution in [0, 0.1) is 0 Å². The van der Waals surface area contributed by atoms with Gasteiger partial charge in [-0.1, -0.05) is 283 Å². The SMILES string of the molecule is CCCCCCCCCCCCCCCCCCC/C=C/C(O)C(COC1OC(CO)C(OC2OC(CO)C(O)C(OC3(C(=O)O)CC(O)C(NC(C)=O)C(C(O)C(O)CO)O3)C2O)C(O)C1O)NC(=O)CCCCCCCCCCCCCCCCCCCCCCCCCCC. The highest BCUT2D eigenvalue weighted by Crippen LogP contribution is 2.39. The molecule has 18 atom stereocenters. The average molecular weight is 1410 g/mol. The maximum absolute atomic E-state index is 13.5. The van der Waals surface area contributed by atoms with E-state index in [1.165, 1.54) is 218 Å². The Bertz CT molecular complexity index is 2010. The number of ether oxygens (including phenoxy) is 6. The topological polar surface area (TPSA) is 373 Å². The molecule has 18 unspecified atom stereocenters. The molecule has 576 valence electrons. The van der Waals surface area contributed by atoms with Gasteiger partial charge in [-0.05, 0) is 19.3 Å². The summed E-state index contributed by atoms with van der Waals surface area (Å²) >= 11 is 0. The lowest BCUT2D eigenvalue weighted by molar-refractivity contribution is -0.386. The van der Waals surface area contributed by atoms with Gasteiger partial charge in [0.2, 0.25) is 11.8 Å². The van der Waals surface area contributed by atoms with Crippen molar-refractivity contribution < 1.29 is 104 Å². The van der Waals surface area contributed by atoms with Crippen molar-refractivity contribution in [1.82, 2.24) is 10.6 Å². The molecule has 3 aliphatic heterocycles. The molecule has 0 bridgehead atoms. The molecule has 3 saturated heterocycles. The van der Waals surface area contributed by atoms with Gasteiger partial charge >= 0.3 is 5.97 Å². The summed E-state index contributed by atoms with van der Waals surface area (Å²) in [5.74, 6) is -6.13. The zero-order valence-corrected chi connectivity index (χ0v) is 60.7. The van der Waals surface area contributed by atoms with E-state index in [-0.39, 0.29) is 12.3 Å². The summed E-state index contributed by atoms with van der Waals surface area (Å²) < 4.78 is 34.9. The number of aliphatic hydroxyl groups excluding tert-OH is 11. The maximum atomic E-state index is 13.5. The predicted molar refractivity (Wildman–Crippen MR) is 375 cm³/mol. The number of amides is 2. The normalized spacial score (nSPS) is 27.3. The molecule has 0 aromatic rings. The third kappa shape index (κ3) is 35.8. The molecule has 0 radical (unpaired) electrons. The fourth-order valence-electron chi connectivity index (χ4n) is 13.8. The monoisotopic (exact) mass is 1400 g/mol. The van der Waals surface area contributed by atoms with Crippen LogP contribution >= 0.6 is 0 Å². The molecule has 3 rings (SSSR count). The Morgan fingerprint density at radius 3 is 1.36 bits per heavy atom. The van der Waals surface area contributed by atoms with E-state index in [4.69, 9.17) is 28.4 Å². The maximum Gasteiger partial charge on any atom is 0.364 e. The molecule has 3 aliphatic rings. The van der Waals surface area contributed by atoms with Gasteiger partial charge in [-0.15, -0.1) is 0 Å². The van der Waals surface area contributed by atoms with E-state index >= 15 is 0 Å². The van der Waals surface area contributed by atoms with Crippen LogP contribution in [0.5, 0.6) is 0 Å². The van der Waals surface area contributed by atoms with Crippen LogP contribution in [0.2, 0.25) is 0 Å². The number of allylic oxidation sites excluding steroid dienone is 1. The van der Waals surface area contributed by atoms with Crippen molar-refractivity contribution in [2.45, 2.75) is 420 Å². The Balaban J connectivity index is 1.54. The van der Waals surface area contributed by atoms with Crippen LogP contribution in [0.15, 0.2) is 12.2 Å². The van der Waals surface area contributed by atoms with E-state index < -0.39 is 155 Å². The number of carbonyl (C=O) groups excluding carboxylic acids is 2. The zero-order chi connectivity index (χ0) is 71.8. The minimum atomic E-state index is -3.08. The minimum absolute atomic E-state index is 0.206. The van der Waals surface area contributed by atoms with Gasteiger partial charge in [-0.2, -0.15) is 0 Å². The molecule has 3 fully saturated rings. The Morgan fingerprint density at radius 1 is 0.531 bits per heavy atom. The second-order valence-electron chi connectivity index (χ2n) is 28.6. The lowest BCUT2D eigenvalue weighted by Crippen LogP contribution is -2.70. The second kappa shape index (κ2) is 55.0. The number of aliphatic hydroxyl groups is 11. The molecular formula is C75H140N2O21. The van der Waals surface area contributed by atoms with Gasteiger partial charge < -0.3 is 100 Å². The number of hydrogen-bond donors (Lipinski definition) is 14. The Morgan fingerprint density at radius 2 is 0.949 bits per heavy atom. The van der Waals surface area contributed by atoms with Crippen molar-refractivity contribution in [3.63, 3.8) is 0 Å². The standard InChI is InChI=1S/C75H140N2O21/c1-4-6-8-10-12-14-16-18-20-22-24-25-26-27-28-29-31-33-35-37-39-41-43-45-47-49-62(85)77-56(57(82)48-46-44-42-40-38-36-34-32-30-23-21-19-17-15-13-11-9-7-5-2)54-93-72-67(89)66(88)69(61(53-80)95-72)96-73-68(90)71(65(87)60(52-79)94-73)98-75(74(91)92)50-58(83)63(76-55(3)81)70(97-75)64(86)59(84)51-78/h46,48,56-61,63-73,78-80,82-84,86-90H,4-45,47,49-54H2,1-3H3,(H,76,81)(H,77,85)(H,91,92)/b48-46+. The molecule has 0 aromatic heterocycles. The van der Waals surface area contributed by atoms with E-state index in [1.54, 1.807) is 6.08 Å². The van der Waals surface area contributed by atoms with E-state index in [1.807, 2.05) is 6.08 Å². The first kappa shape index (κ1) is 89.7. The fourth-order valence-corrected chi connectivity index (χ4v) is 13.8. The molecule has 0 aromatic carbocycles. The van der Waals surface area contributed by atoms with Crippen LogP contribution in [0.1, 0.15) is 310 Å². The summed E-state index contributed by atoms with van der Waals surface area (Å²) in [7, 11) is 0. The van der Waals surface area contributed by atoms with Crippen molar-refractivity contribution >= 4 is 17.8 Å². The predicted octanol–water partition coefficient (Wildman–Crippen LogP) is 9.41. The first-order chi connectivity index (χ1) is 47.4. The minimum Gasteiger partial charge on any atom is -0.477 e. The van der Waals surface area contributed by atoms with E-state index in [9.17, 15) is 75.7 Å². The number of rotatable bonds is 61. The summed E-state index contributed by atoms with van der Waals surface area (Å²) in [6, 6.07) is -2.61. The molecule has 23 heteroatoms. The number of aliphatic carboxylic acids is 1. The number of unbranched alkanes of at least 4 members (excludes halogenated alkanes) is 41. The van der Waals surface area contributed by atoms with Crippen LogP contribution in [0.4, 0.5) is 0 Å². The van der Waals surface area contributed by atoms with E-state index in [0.29, 0.717) is 12.8 Å². The lowest BCUT2D eigenvalue weighted by Gasteiger charge is -2.50. The molecule has 23 nitrogen and oxygen atoms in total. The van der Waals surface area contributed by atoms with Gasteiger partial charge in [0.1, 0.15) is 67.1 Å². The summed E-state index contributed by atoms with van der Waals surface area (Å²) in [6.45, 7) is 2.19. The first-order valence-corrected chi connectivity index (χ1v) is 39.1.